The van der Waals surface area contributed by atoms with Crippen LogP contribution in [0.5, 0.6) is 0 Å². The molecule has 0 unspecified atom stereocenters. The minimum atomic E-state index is -1.78. The number of H-pyrrole nitrogens is 1. The number of aliphatic carboxylic acids is 1. The number of aliphatic hydroxyl groups excluding tert-OH is 4. The molecule has 0 aromatic carbocycles. The Bertz CT molecular complexity index is 1480. The second kappa shape index (κ2) is 22.4. The summed E-state index contributed by atoms with van der Waals surface area (Å²) in [6.45, 7) is 2.19. The van der Waals surface area contributed by atoms with E-state index in [1.807, 2.05) is 0 Å². The number of hydrogen-bond donors (Lipinski definition) is 7. The summed E-state index contributed by atoms with van der Waals surface area (Å²) >= 11 is 0. The lowest BCUT2D eigenvalue weighted by Gasteiger charge is -2.38. The van der Waals surface area contributed by atoms with E-state index < -0.39 is 96.4 Å². The maximum Gasteiger partial charge on any atom is 0.330 e. The van der Waals surface area contributed by atoms with E-state index in [0.29, 0.717) is 6.42 Å². The zero-order chi connectivity index (χ0) is 40.9. The van der Waals surface area contributed by atoms with Crippen LogP contribution in [0, 0.1) is 5.92 Å². The molecule has 0 saturated carbocycles. The molecule has 4 rings (SSSR count). The smallest absolute Gasteiger partial charge is 0.330 e. The van der Waals surface area contributed by atoms with Gasteiger partial charge >= 0.3 is 11.7 Å². The van der Waals surface area contributed by atoms with E-state index in [-0.39, 0.29) is 13.1 Å². The average molecular weight is 798 g/mol. The zero-order valence-electron chi connectivity index (χ0n) is 33.3. The summed E-state index contributed by atoms with van der Waals surface area (Å²) in [5, 5.41) is 54.3. The van der Waals surface area contributed by atoms with Crippen molar-refractivity contribution in [2.24, 2.45) is 11.7 Å². The van der Waals surface area contributed by atoms with Crippen molar-refractivity contribution in [3.8, 4) is 0 Å². The SMILES string of the molecule is CCCCCCCCCCCCCCCCC[C@H]1CN(C)[C@@H]([C@H](O[C@@H]2O[C@H](CN)[C@@H](O)[C@H]2O)[C@H]2O[C@@H](n3ccc(=O)[nH]c3=O)[C@H](O)[C@@H]2O)C(=O)N(C)[C@@H]1C(=O)O. The number of unbranched alkanes of at least 4 members (excludes halogenated alkanes) is 14. The highest BCUT2D eigenvalue weighted by molar-refractivity contribution is 5.88. The molecular weight excluding hydrogens is 730 g/mol. The number of aromatic nitrogens is 2. The third kappa shape index (κ3) is 11.7. The lowest BCUT2D eigenvalue weighted by atomic mass is 9.92. The number of rotatable bonds is 23. The summed E-state index contributed by atoms with van der Waals surface area (Å²) in [7, 11) is 3.00. The van der Waals surface area contributed by atoms with E-state index >= 15 is 0 Å². The van der Waals surface area contributed by atoms with Gasteiger partial charge < -0.3 is 50.4 Å². The monoisotopic (exact) mass is 797 g/mol. The van der Waals surface area contributed by atoms with Crippen LogP contribution in [0.2, 0.25) is 0 Å². The molecule has 1 amide bonds. The van der Waals surface area contributed by atoms with Crippen molar-refractivity contribution >= 4 is 11.9 Å². The molecule has 0 bridgehead atoms. The number of carboxylic acids is 1. The molecule has 1 aromatic heterocycles. The molecule has 3 fully saturated rings. The lowest BCUT2D eigenvalue weighted by molar-refractivity contribution is -0.233. The van der Waals surface area contributed by atoms with Gasteiger partial charge in [0.25, 0.3) is 5.56 Å². The Kier molecular flexibility index (Phi) is 18.4. The van der Waals surface area contributed by atoms with Gasteiger partial charge in [0.15, 0.2) is 12.5 Å². The van der Waals surface area contributed by atoms with Gasteiger partial charge in [0.2, 0.25) is 5.91 Å². The highest BCUT2D eigenvalue weighted by Gasteiger charge is 2.56. The summed E-state index contributed by atoms with van der Waals surface area (Å²) < 4.78 is 18.8. The first kappa shape index (κ1) is 46.0. The number of amides is 1. The van der Waals surface area contributed by atoms with Gasteiger partial charge in [0.05, 0.1) is 0 Å². The molecular formula is C39H67N5O12. The maximum absolute atomic E-state index is 14.4. The van der Waals surface area contributed by atoms with Gasteiger partial charge in [0.1, 0.15) is 54.8 Å². The predicted molar refractivity (Wildman–Crippen MR) is 205 cm³/mol. The Morgan fingerprint density at radius 1 is 0.857 bits per heavy atom. The van der Waals surface area contributed by atoms with Crippen molar-refractivity contribution in [1.82, 2.24) is 19.4 Å². The van der Waals surface area contributed by atoms with Crippen LogP contribution in [0.15, 0.2) is 21.9 Å². The van der Waals surface area contributed by atoms with E-state index in [4.69, 9.17) is 19.9 Å². The molecule has 320 valence electrons. The molecule has 12 atom stereocenters. The highest BCUT2D eigenvalue weighted by Crippen LogP contribution is 2.37. The molecule has 17 nitrogen and oxygen atoms in total. The number of nitrogens with two attached hydrogens (primary N) is 1. The number of carbonyl (C=O) groups excluding carboxylic acids is 1. The first-order chi connectivity index (χ1) is 26.8. The van der Waals surface area contributed by atoms with E-state index in [1.54, 1.807) is 11.9 Å². The average Bonchev–Trinajstić information content (AvgIpc) is 3.57. The Morgan fingerprint density at radius 2 is 1.43 bits per heavy atom. The second-order valence-corrected chi connectivity index (χ2v) is 16.0. The molecule has 0 radical (unpaired) electrons. The second-order valence-electron chi connectivity index (χ2n) is 16.0. The number of ether oxygens (including phenoxy) is 3. The van der Waals surface area contributed by atoms with Crippen molar-refractivity contribution in [2.45, 2.75) is 177 Å². The van der Waals surface area contributed by atoms with Crippen LogP contribution in [0.4, 0.5) is 0 Å². The summed E-state index contributed by atoms with van der Waals surface area (Å²) in [5.74, 6) is -2.35. The van der Waals surface area contributed by atoms with Crippen molar-refractivity contribution in [3.05, 3.63) is 33.1 Å². The fourth-order valence-electron chi connectivity index (χ4n) is 8.54. The number of carboxylic acid groups (broad SMARTS) is 1. The lowest BCUT2D eigenvalue weighted by Crippen LogP contribution is -2.59. The number of aliphatic hydroxyl groups is 4. The Labute approximate surface area is 329 Å². The van der Waals surface area contributed by atoms with Crippen LogP contribution < -0.4 is 17.0 Å². The van der Waals surface area contributed by atoms with Crippen LogP contribution in [0.25, 0.3) is 0 Å². The van der Waals surface area contributed by atoms with Gasteiger partial charge in [-0.1, -0.05) is 103 Å². The number of hydrogen-bond acceptors (Lipinski definition) is 13. The molecule has 0 aliphatic carbocycles. The first-order valence-corrected chi connectivity index (χ1v) is 20.7. The summed E-state index contributed by atoms with van der Waals surface area (Å²) in [6, 6.07) is -1.51. The van der Waals surface area contributed by atoms with Gasteiger partial charge in [-0.25, -0.2) is 9.59 Å². The predicted octanol–water partition coefficient (Wildman–Crippen LogP) is 1.05. The molecule has 4 heterocycles. The maximum atomic E-state index is 14.4. The fraction of sp³-hybridized carbons (Fsp3) is 0.846. The van der Waals surface area contributed by atoms with Gasteiger partial charge in [0, 0.05) is 38.3 Å². The molecule has 8 N–H and O–H groups in total. The fourth-order valence-corrected chi connectivity index (χ4v) is 8.54. The van der Waals surface area contributed by atoms with Crippen LogP contribution in [0.3, 0.4) is 0 Å². The number of nitrogens with zero attached hydrogens (tertiary/aromatic N) is 3. The molecule has 56 heavy (non-hydrogen) atoms. The molecule has 0 spiro atoms. The normalized spacial score (nSPS) is 31.9. The van der Waals surface area contributed by atoms with Gasteiger partial charge in [-0.05, 0) is 13.5 Å². The number of nitrogens with one attached hydrogen (secondary N) is 1. The number of aromatic amines is 1. The van der Waals surface area contributed by atoms with Crippen molar-refractivity contribution in [1.29, 1.82) is 0 Å². The Hall–Kier alpha value is -2.74. The van der Waals surface area contributed by atoms with E-state index in [2.05, 4.69) is 11.9 Å². The summed E-state index contributed by atoms with van der Waals surface area (Å²) in [4.78, 5) is 56.3. The highest BCUT2D eigenvalue weighted by atomic mass is 16.7. The number of likely N-dealkylation sites (N-methyl/N-ethyl adjacent to an activating group) is 2. The van der Waals surface area contributed by atoms with Crippen LogP contribution in [-0.4, -0.2) is 145 Å². The standard InChI is InChI=1S/C39H67N5O12/c1-4-5-6-7-8-9-10-11-12-13-14-15-16-17-18-19-24-23-42(2)28(35(50)43(3)27(24)37(51)52)33(56-38-32(49)29(46)25(22-40)54-38)34-30(47)31(48)36(55-34)44-21-20-26(45)41-39(44)53/h20-21,24-25,27-34,36,38,46-49H,4-19,22-23,40H2,1-3H3,(H,51,52)(H,41,45,53)/t24-,25+,27-,28-,29+,30-,31+,32+,33-,34-,36+,38-/m0/s1. The number of carbonyl (C=O) groups is 2. The van der Waals surface area contributed by atoms with E-state index in [0.717, 1.165) is 47.4 Å². The third-order valence-corrected chi connectivity index (χ3v) is 11.8. The Morgan fingerprint density at radius 3 is 1.95 bits per heavy atom. The topological polar surface area (TPSA) is 250 Å². The Balaban J connectivity index is 1.43. The van der Waals surface area contributed by atoms with Crippen LogP contribution >= 0.6 is 0 Å². The molecule has 3 aliphatic heterocycles. The van der Waals surface area contributed by atoms with Gasteiger partial charge in [-0.2, -0.15) is 0 Å². The summed E-state index contributed by atoms with van der Waals surface area (Å²) in [6.07, 6.45) is 5.81. The van der Waals surface area contributed by atoms with E-state index in [1.165, 1.54) is 77.7 Å². The van der Waals surface area contributed by atoms with Crippen molar-refractivity contribution in [2.75, 3.05) is 27.2 Å². The third-order valence-electron chi connectivity index (χ3n) is 11.8. The molecule has 1 aromatic rings. The zero-order valence-corrected chi connectivity index (χ0v) is 33.3. The minimum Gasteiger partial charge on any atom is -0.480 e. The van der Waals surface area contributed by atoms with Crippen LogP contribution in [-0.2, 0) is 23.8 Å². The van der Waals surface area contributed by atoms with Gasteiger partial charge in [-0.3, -0.25) is 24.0 Å². The van der Waals surface area contributed by atoms with Gasteiger partial charge in [-0.15, -0.1) is 0 Å². The molecule has 17 heteroatoms. The minimum absolute atomic E-state index is 0.131. The van der Waals surface area contributed by atoms with Crippen LogP contribution in [0.1, 0.15) is 116 Å². The van der Waals surface area contributed by atoms with Crippen molar-refractivity contribution in [3.63, 3.8) is 0 Å². The largest absolute Gasteiger partial charge is 0.480 e. The quantitative estimate of drug-likeness (QED) is 0.0766. The molecule has 3 saturated heterocycles. The van der Waals surface area contributed by atoms with Crippen molar-refractivity contribution < 1.29 is 49.3 Å². The molecule has 3 aliphatic rings. The van der Waals surface area contributed by atoms with E-state index in [9.17, 15) is 44.7 Å². The first-order valence-electron chi connectivity index (χ1n) is 20.7. The summed E-state index contributed by atoms with van der Waals surface area (Å²) in [5.41, 5.74) is 4.09.